The number of rotatable bonds is 8. The van der Waals surface area contributed by atoms with Crippen LogP contribution >= 0.6 is 23.4 Å². The lowest BCUT2D eigenvalue weighted by Crippen LogP contribution is -2.39. The first-order valence-electron chi connectivity index (χ1n) is 9.77. The molecule has 0 bridgehead atoms. The molecule has 0 saturated carbocycles. The summed E-state index contributed by atoms with van der Waals surface area (Å²) in [5.74, 6) is 0.337. The number of Topliss-reactive ketones (excluding diaryl/α,β-unsaturated/α-hetero) is 1. The quantitative estimate of drug-likeness (QED) is 0.389. The molecule has 0 radical (unpaired) electrons. The highest BCUT2D eigenvalue weighted by Crippen LogP contribution is 2.22. The standard InChI is InChI=1S/C22H25ClN4OS/c1-29-22-18(14-24)4-7-20(26-22)15-25-10-13-27-11-8-17(9-12-27)21(28)16-2-5-19(23)6-3-16/h2-7,17,25H,8-13,15H2,1H3. The Hall–Kier alpha value is -1.91. The number of halogens is 1. The molecule has 1 aromatic carbocycles. The van der Waals surface area contributed by atoms with Gasteiger partial charge < -0.3 is 10.2 Å². The average Bonchev–Trinajstić information content (AvgIpc) is 2.77. The van der Waals surface area contributed by atoms with Gasteiger partial charge in [0.2, 0.25) is 0 Å². The van der Waals surface area contributed by atoms with Gasteiger partial charge in [-0.1, -0.05) is 11.6 Å². The molecule has 29 heavy (non-hydrogen) atoms. The maximum Gasteiger partial charge on any atom is 0.166 e. The fourth-order valence-corrected chi connectivity index (χ4v) is 4.21. The van der Waals surface area contributed by atoms with E-state index in [1.165, 1.54) is 11.8 Å². The molecule has 0 atom stereocenters. The number of carbonyl (C=O) groups is 1. The third-order valence-corrected chi connectivity index (χ3v) is 6.18. The van der Waals surface area contributed by atoms with E-state index < -0.39 is 0 Å². The molecule has 3 rings (SSSR count). The molecule has 7 heteroatoms. The number of nitrogens with one attached hydrogen (secondary N) is 1. The minimum absolute atomic E-state index is 0.105. The number of hydrogen-bond acceptors (Lipinski definition) is 6. The number of pyridine rings is 1. The summed E-state index contributed by atoms with van der Waals surface area (Å²) >= 11 is 7.40. The molecule has 1 N–H and O–H groups in total. The molecule has 152 valence electrons. The molecule has 0 unspecified atom stereocenters. The lowest BCUT2D eigenvalue weighted by molar-refractivity contribution is 0.0841. The topological polar surface area (TPSA) is 69.0 Å². The zero-order chi connectivity index (χ0) is 20.6. The number of hydrogen-bond donors (Lipinski definition) is 1. The predicted octanol–water partition coefficient (Wildman–Crippen LogP) is 4.01. The molecule has 0 amide bonds. The van der Waals surface area contributed by atoms with Crippen LogP contribution in [0.15, 0.2) is 41.4 Å². The molecule has 2 aromatic rings. The number of thioether (sulfide) groups is 1. The highest BCUT2D eigenvalue weighted by Gasteiger charge is 2.25. The molecule has 0 aliphatic carbocycles. The lowest BCUT2D eigenvalue weighted by Gasteiger charge is -2.31. The number of benzene rings is 1. The minimum atomic E-state index is 0.105. The van der Waals surface area contributed by atoms with Gasteiger partial charge in [-0.3, -0.25) is 4.79 Å². The predicted molar refractivity (Wildman–Crippen MR) is 117 cm³/mol. The summed E-state index contributed by atoms with van der Waals surface area (Å²) in [6.45, 7) is 4.39. The number of aromatic nitrogens is 1. The van der Waals surface area contributed by atoms with Gasteiger partial charge in [-0.05, 0) is 68.6 Å². The molecule has 0 spiro atoms. The van der Waals surface area contributed by atoms with Crippen molar-refractivity contribution in [2.45, 2.75) is 24.4 Å². The zero-order valence-corrected chi connectivity index (χ0v) is 18.1. The average molecular weight is 429 g/mol. The van der Waals surface area contributed by atoms with Crippen molar-refractivity contribution in [3.63, 3.8) is 0 Å². The Morgan fingerprint density at radius 1 is 1.28 bits per heavy atom. The van der Waals surface area contributed by atoms with Crippen LogP contribution in [0.5, 0.6) is 0 Å². The van der Waals surface area contributed by atoms with Gasteiger partial charge in [0.25, 0.3) is 0 Å². The Kier molecular flexibility index (Phi) is 8.08. The highest BCUT2D eigenvalue weighted by molar-refractivity contribution is 7.98. The van der Waals surface area contributed by atoms with Crippen LogP contribution in [0.25, 0.3) is 0 Å². The second-order valence-corrected chi connectivity index (χ2v) is 8.37. The summed E-state index contributed by atoms with van der Waals surface area (Å²) in [4.78, 5) is 19.6. The molecular weight excluding hydrogens is 404 g/mol. The van der Waals surface area contributed by atoms with E-state index in [4.69, 9.17) is 16.9 Å². The molecule has 1 aromatic heterocycles. The van der Waals surface area contributed by atoms with E-state index in [1.54, 1.807) is 12.1 Å². The van der Waals surface area contributed by atoms with E-state index in [1.807, 2.05) is 30.5 Å². The summed E-state index contributed by atoms with van der Waals surface area (Å²) in [7, 11) is 0. The molecule has 1 saturated heterocycles. The number of nitrogens with zero attached hydrogens (tertiary/aromatic N) is 3. The first kappa shape index (κ1) is 21.8. The number of likely N-dealkylation sites (tertiary alicyclic amines) is 1. The van der Waals surface area contributed by atoms with Crippen LogP contribution in [0.2, 0.25) is 5.02 Å². The van der Waals surface area contributed by atoms with Gasteiger partial charge in [-0.25, -0.2) is 4.98 Å². The van der Waals surface area contributed by atoms with Gasteiger partial charge in [-0.15, -0.1) is 11.8 Å². The molecule has 1 aliphatic heterocycles. The maximum atomic E-state index is 12.6. The van der Waals surface area contributed by atoms with Crippen molar-refractivity contribution < 1.29 is 4.79 Å². The summed E-state index contributed by atoms with van der Waals surface area (Å²) in [5, 5.41) is 13.9. The van der Waals surface area contributed by atoms with E-state index in [0.29, 0.717) is 17.1 Å². The van der Waals surface area contributed by atoms with Crippen LogP contribution < -0.4 is 5.32 Å². The van der Waals surface area contributed by atoms with Crippen molar-refractivity contribution in [2.75, 3.05) is 32.4 Å². The van der Waals surface area contributed by atoms with Gasteiger partial charge in [0.15, 0.2) is 5.78 Å². The first-order valence-corrected chi connectivity index (χ1v) is 11.4. The van der Waals surface area contributed by atoms with E-state index in [-0.39, 0.29) is 11.7 Å². The Bertz CT molecular complexity index is 873. The summed E-state index contributed by atoms with van der Waals surface area (Å²) in [6.07, 6.45) is 3.73. The second-order valence-electron chi connectivity index (χ2n) is 7.14. The van der Waals surface area contributed by atoms with Crippen LogP contribution in [0.4, 0.5) is 0 Å². The number of carbonyl (C=O) groups excluding carboxylic acids is 1. The van der Waals surface area contributed by atoms with Crippen molar-refractivity contribution in [3.8, 4) is 6.07 Å². The Morgan fingerprint density at radius 2 is 2.00 bits per heavy atom. The van der Waals surface area contributed by atoms with E-state index in [2.05, 4.69) is 21.3 Å². The Morgan fingerprint density at radius 3 is 2.66 bits per heavy atom. The van der Waals surface area contributed by atoms with Crippen molar-refractivity contribution in [1.82, 2.24) is 15.2 Å². The first-order chi connectivity index (χ1) is 14.1. The Labute approximate surface area is 181 Å². The molecule has 5 nitrogen and oxygen atoms in total. The second kappa shape index (κ2) is 10.7. The monoisotopic (exact) mass is 428 g/mol. The molecule has 1 aliphatic rings. The smallest absolute Gasteiger partial charge is 0.166 e. The van der Waals surface area contributed by atoms with Crippen LogP contribution in [0.1, 0.15) is 34.5 Å². The van der Waals surface area contributed by atoms with Gasteiger partial charge in [-0.2, -0.15) is 5.26 Å². The largest absolute Gasteiger partial charge is 0.310 e. The number of nitriles is 1. The Balaban J connectivity index is 1.39. The van der Waals surface area contributed by atoms with Crippen LogP contribution in [0, 0.1) is 17.2 Å². The van der Waals surface area contributed by atoms with Gasteiger partial charge >= 0.3 is 0 Å². The van der Waals surface area contributed by atoms with Crippen molar-refractivity contribution in [2.24, 2.45) is 5.92 Å². The minimum Gasteiger partial charge on any atom is -0.310 e. The van der Waals surface area contributed by atoms with Crippen LogP contribution in [0.3, 0.4) is 0 Å². The summed E-state index contributed by atoms with van der Waals surface area (Å²) in [6, 6.07) is 13.1. The third-order valence-electron chi connectivity index (χ3n) is 5.23. The number of ketones is 1. The fraction of sp³-hybridized carbons (Fsp3) is 0.409. The fourth-order valence-electron chi connectivity index (χ4n) is 3.54. The van der Waals surface area contributed by atoms with Gasteiger partial charge in [0.05, 0.1) is 11.3 Å². The summed E-state index contributed by atoms with van der Waals surface area (Å²) in [5.41, 5.74) is 2.33. The highest BCUT2D eigenvalue weighted by atomic mass is 35.5. The van der Waals surface area contributed by atoms with Crippen molar-refractivity contribution >= 4 is 29.1 Å². The van der Waals surface area contributed by atoms with Crippen LogP contribution in [-0.4, -0.2) is 48.1 Å². The van der Waals surface area contributed by atoms with Crippen molar-refractivity contribution in [3.05, 3.63) is 58.2 Å². The van der Waals surface area contributed by atoms with E-state index >= 15 is 0 Å². The molecular formula is C22H25ClN4OS. The SMILES string of the molecule is CSc1nc(CNCCN2CCC(C(=O)c3ccc(Cl)cc3)CC2)ccc1C#N. The third kappa shape index (κ3) is 6.03. The number of piperidine rings is 1. The van der Waals surface area contributed by atoms with Crippen LogP contribution in [-0.2, 0) is 6.54 Å². The normalized spacial score (nSPS) is 15.2. The van der Waals surface area contributed by atoms with E-state index in [0.717, 1.165) is 55.3 Å². The lowest BCUT2D eigenvalue weighted by atomic mass is 9.89. The van der Waals surface area contributed by atoms with Gasteiger partial charge in [0, 0.05) is 36.1 Å². The molecule has 1 fully saturated rings. The van der Waals surface area contributed by atoms with Gasteiger partial charge in [0.1, 0.15) is 11.1 Å². The summed E-state index contributed by atoms with van der Waals surface area (Å²) < 4.78 is 0. The van der Waals surface area contributed by atoms with E-state index in [9.17, 15) is 4.79 Å². The molecule has 2 heterocycles. The van der Waals surface area contributed by atoms with Crippen molar-refractivity contribution in [1.29, 1.82) is 5.26 Å². The maximum absolute atomic E-state index is 12.6. The zero-order valence-electron chi connectivity index (χ0n) is 16.5.